The van der Waals surface area contributed by atoms with E-state index in [0.29, 0.717) is 5.56 Å². The van der Waals surface area contributed by atoms with E-state index in [-0.39, 0.29) is 5.41 Å². The van der Waals surface area contributed by atoms with Crippen LogP contribution in [0.2, 0.25) is 0 Å². The van der Waals surface area contributed by atoms with Crippen LogP contribution in [0.3, 0.4) is 0 Å². The lowest BCUT2D eigenvalue weighted by Gasteiger charge is -2.30. The summed E-state index contributed by atoms with van der Waals surface area (Å²) in [5, 5.41) is 16.8. The summed E-state index contributed by atoms with van der Waals surface area (Å²) in [6, 6.07) is 65.4. The highest BCUT2D eigenvalue weighted by Crippen LogP contribution is 2.53. The van der Waals surface area contributed by atoms with Crippen molar-refractivity contribution in [3.05, 3.63) is 198 Å². The van der Waals surface area contributed by atoms with E-state index in [4.69, 9.17) is 4.42 Å². The van der Waals surface area contributed by atoms with Gasteiger partial charge in [0.15, 0.2) is 0 Å². The summed E-state index contributed by atoms with van der Waals surface area (Å²) in [4.78, 5) is 2.36. The Morgan fingerprint density at radius 3 is 2.03 bits per heavy atom. The number of hydrogen-bond donors (Lipinski definition) is 0. The number of aryl methyl sites for hydroxylation is 1. The van der Waals surface area contributed by atoms with Crippen molar-refractivity contribution in [2.45, 2.75) is 26.2 Å². The normalized spacial score (nSPS) is 12.9. The number of hydrogen-bond acceptors (Lipinski definition) is 3. The molecule has 0 aliphatic heterocycles. The quantitative estimate of drug-likeness (QED) is 0.176. The topological polar surface area (TPSA) is 40.2 Å². The van der Waals surface area contributed by atoms with E-state index in [1.807, 2.05) is 12.1 Å². The van der Waals surface area contributed by atoms with Gasteiger partial charge < -0.3 is 9.32 Å². The van der Waals surface area contributed by atoms with E-state index in [1.165, 1.54) is 49.4 Å². The van der Waals surface area contributed by atoms with Gasteiger partial charge in [0, 0.05) is 38.7 Å². The summed E-state index contributed by atoms with van der Waals surface area (Å²) in [6.45, 7) is 6.83. The van der Waals surface area contributed by atoms with Gasteiger partial charge in [-0.2, -0.15) is 5.26 Å². The minimum atomic E-state index is -0.122. The smallest absolute Gasteiger partial charge is 0.143 e. The number of benzene rings is 9. The third kappa shape index (κ3) is 5.12. The van der Waals surface area contributed by atoms with Crippen molar-refractivity contribution >= 4 is 60.5 Å². The monoisotopic (exact) mass is 742 g/mol. The van der Waals surface area contributed by atoms with Gasteiger partial charge in [0.1, 0.15) is 11.2 Å². The number of furan rings is 1. The first-order valence-electron chi connectivity index (χ1n) is 19.9. The number of anilines is 3. The molecule has 0 saturated heterocycles. The third-order valence-electron chi connectivity index (χ3n) is 12.3. The van der Waals surface area contributed by atoms with Crippen LogP contribution in [0.4, 0.5) is 17.1 Å². The molecule has 3 heteroatoms. The van der Waals surface area contributed by atoms with Crippen molar-refractivity contribution < 1.29 is 4.42 Å². The van der Waals surface area contributed by atoms with E-state index < -0.39 is 0 Å². The summed E-state index contributed by atoms with van der Waals surface area (Å²) < 4.78 is 6.87. The molecule has 274 valence electrons. The molecule has 0 unspecified atom stereocenters. The maximum atomic E-state index is 9.84. The molecular formula is C55H38N2O. The molecule has 0 atom stereocenters. The molecule has 0 radical (unpaired) electrons. The zero-order valence-corrected chi connectivity index (χ0v) is 32.5. The number of rotatable bonds is 5. The molecule has 11 rings (SSSR count). The maximum absolute atomic E-state index is 9.84. The Labute approximate surface area is 337 Å². The lowest BCUT2D eigenvalue weighted by atomic mass is 9.82. The van der Waals surface area contributed by atoms with Crippen molar-refractivity contribution in [3.63, 3.8) is 0 Å². The van der Waals surface area contributed by atoms with Gasteiger partial charge in [0.25, 0.3) is 0 Å². The van der Waals surface area contributed by atoms with Crippen LogP contribution in [0.15, 0.2) is 180 Å². The van der Waals surface area contributed by atoms with E-state index >= 15 is 0 Å². The van der Waals surface area contributed by atoms with Crippen molar-refractivity contribution in [2.75, 3.05) is 4.90 Å². The van der Waals surface area contributed by atoms with Crippen LogP contribution in [0, 0.1) is 18.3 Å². The van der Waals surface area contributed by atoms with E-state index in [1.54, 1.807) is 0 Å². The fraction of sp³-hybridized carbons (Fsp3) is 0.0727. The first kappa shape index (κ1) is 33.9. The van der Waals surface area contributed by atoms with Crippen LogP contribution in [0.5, 0.6) is 0 Å². The predicted octanol–water partition coefficient (Wildman–Crippen LogP) is 15.2. The molecule has 1 aromatic heterocycles. The molecule has 1 aliphatic rings. The van der Waals surface area contributed by atoms with Crippen LogP contribution in [0.1, 0.15) is 36.1 Å². The number of fused-ring (bicyclic) bond motifs is 9. The largest absolute Gasteiger partial charge is 0.455 e. The van der Waals surface area contributed by atoms with Crippen molar-refractivity contribution in [3.8, 4) is 39.4 Å². The van der Waals surface area contributed by atoms with Crippen LogP contribution >= 0.6 is 0 Å². The standard InChI is InChI=1S/C55H38N2O/c1-34-18-27-48-46(30-34)47-32-41(26-28-49(47)55(48,2)3)57(40-24-19-35(33-56)20-25-40)50-17-9-14-43(52(50)39-22-21-36-10-4-5-12-38(36)31-39)44-15-8-16-45-53-42-13-7-6-11-37(42)23-29-51(53)58-54(44)45/h4-32H,1-3H3. The lowest BCUT2D eigenvalue weighted by Crippen LogP contribution is -2.15. The Balaban J connectivity index is 1.22. The van der Waals surface area contributed by atoms with Crippen LogP contribution in [-0.2, 0) is 5.41 Å². The maximum Gasteiger partial charge on any atom is 0.143 e. The van der Waals surface area contributed by atoms with Crippen molar-refractivity contribution in [2.24, 2.45) is 0 Å². The summed E-state index contributed by atoms with van der Waals surface area (Å²) >= 11 is 0. The number of nitriles is 1. The van der Waals surface area contributed by atoms with E-state index in [0.717, 1.165) is 61.3 Å². The highest BCUT2D eigenvalue weighted by Gasteiger charge is 2.36. The van der Waals surface area contributed by atoms with Crippen LogP contribution < -0.4 is 4.90 Å². The molecule has 0 fully saturated rings. The molecule has 3 nitrogen and oxygen atoms in total. The third-order valence-corrected chi connectivity index (χ3v) is 12.3. The molecule has 10 aromatic rings. The highest BCUT2D eigenvalue weighted by molar-refractivity contribution is 6.21. The summed E-state index contributed by atoms with van der Waals surface area (Å²) in [5.41, 5.74) is 16.0. The minimum Gasteiger partial charge on any atom is -0.455 e. The average Bonchev–Trinajstić information content (AvgIpc) is 3.75. The van der Waals surface area contributed by atoms with Crippen LogP contribution in [-0.4, -0.2) is 0 Å². The van der Waals surface area contributed by atoms with Gasteiger partial charge in [0.2, 0.25) is 0 Å². The second kappa shape index (κ2) is 12.8. The fourth-order valence-corrected chi connectivity index (χ4v) is 9.50. The molecule has 0 spiro atoms. The van der Waals surface area contributed by atoms with Gasteiger partial charge >= 0.3 is 0 Å². The SMILES string of the molecule is Cc1ccc2c(c1)-c1cc(N(c3ccc(C#N)cc3)c3cccc(-c4cccc5c4oc4ccc6ccccc6c45)c3-c3ccc4ccccc4c3)ccc1C2(C)C. The molecule has 58 heavy (non-hydrogen) atoms. The summed E-state index contributed by atoms with van der Waals surface area (Å²) in [5.74, 6) is 0. The van der Waals surface area contributed by atoms with Gasteiger partial charge in [-0.1, -0.05) is 141 Å². The second-order valence-electron chi connectivity index (χ2n) is 16.1. The predicted molar refractivity (Wildman–Crippen MR) is 241 cm³/mol. The van der Waals surface area contributed by atoms with Gasteiger partial charge in [0.05, 0.1) is 17.3 Å². The lowest BCUT2D eigenvalue weighted by molar-refractivity contribution is 0.660. The Morgan fingerprint density at radius 2 is 1.21 bits per heavy atom. The average molecular weight is 743 g/mol. The molecule has 1 aliphatic carbocycles. The van der Waals surface area contributed by atoms with Crippen LogP contribution in [0.25, 0.3) is 76.9 Å². The Morgan fingerprint density at radius 1 is 0.534 bits per heavy atom. The first-order valence-corrected chi connectivity index (χ1v) is 19.9. The molecule has 0 N–H and O–H groups in total. The first-order chi connectivity index (χ1) is 28.4. The van der Waals surface area contributed by atoms with Gasteiger partial charge in [-0.15, -0.1) is 0 Å². The van der Waals surface area contributed by atoms with E-state index in [9.17, 15) is 5.26 Å². The Kier molecular flexibility index (Phi) is 7.49. The van der Waals surface area contributed by atoms with Gasteiger partial charge in [-0.05, 0) is 116 Å². The zero-order chi connectivity index (χ0) is 39.1. The summed E-state index contributed by atoms with van der Waals surface area (Å²) in [6.07, 6.45) is 0. The number of nitrogens with zero attached hydrogens (tertiary/aromatic N) is 2. The fourth-order valence-electron chi connectivity index (χ4n) is 9.50. The minimum absolute atomic E-state index is 0.122. The Bertz CT molecular complexity index is 3340. The molecular weight excluding hydrogens is 705 g/mol. The molecule has 0 saturated carbocycles. The van der Waals surface area contributed by atoms with Gasteiger partial charge in [-0.3, -0.25) is 0 Å². The number of para-hydroxylation sites is 1. The highest BCUT2D eigenvalue weighted by atomic mass is 16.3. The second-order valence-corrected chi connectivity index (χ2v) is 16.1. The molecule has 9 aromatic carbocycles. The van der Waals surface area contributed by atoms with Gasteiger partial charge in [-0.25, -0.2) is 0 Å². The molecule has 0 bridgehead atoms. The van der Waals surface area contributed by atoms with Crippen molar-refractivity contribution in [1.29, 1.82) is 5.26 Å². The molecule has 1 heterocycles. The van der Waals surface area contributed by atoms with E-state index in [2.05, 4.69) is 196 Å². The Hall–Kier alpha value is -7.41. The zero-order valence-electron chi connectivity index (χ0n) is 32.5. The van der Waals surface area contributed by atoms with Crippen molar-refractivity contribution in [1.82, 2.24) is 0 Å². The molecule has 0 amide bonds. The summed E-state index contributed by atoms with van der Waals surface area (Å²) in [7, 11) is 0.